The van der Waals surface area contributed by atoms with Gasteiger partial charge in [-0.25, -0.2) is 0 Å². The average molecular weight is 337 g/mol. The first-order valence-corrected chi connectivity index (χ1v) is 11.3. The van der Waals surface area contributed by atoms with Gasteiger partial charge in [-0.2, -0.15) is 0 Å². The Morgan fingerprint density at radius 1 is 1.22 bits per heavy atom. The fourth-order valence-electron chi connectivity index (χ4n) is 2.29. The van der Waals surface area contributed by atoms with Crippen molar-refractivity contribution in [2.45, 2.75) is 71.0 Å². The lowest BCUT2D eigenvalue weighted by molar-refractivity contribution is 0.420. The minimum atomic E-state index is -2.01. The molecular formula is C19H32O3Si. The molecule has 0 unspecified atom stereocenters. The van der Waals surface area contributed by atoms with Crippen LogP contribution in [0.15, 0.2) is 24.8 Å². The van der Waals surface area contributed by atoms with Gasteiger partial charge in [-0.15, -0.1) is 6.58 Å². The Labute approximate surface area is 142 Å². The first kappa shape index (κ1) is 19.6. The van der Waals surface area contributed by atoms with Crippen molar-refractivity contribution in [2.75, 3.05) is 0 Å². The Balaban J connectivity index is 3.12. The molecule has 0 bridgehead atoms. The number of unbranched alkanes of at least 4 members (excludes halogenated alkanes) is 1. The fraction of sp³-hybridized carbons (Fsp3) is 0.579. The van der Waals surface area contributed by atoms with E-state index in [9.17, 15) is 10.2 Å². The summed E-state index contributed by atoms with van der Waals surface area (Å²) in [6.45, 7) is 16.7. The van der Waals surface area contributed by atoms with Gasteiger partial charge in [0.1, 0.15) is 17.2 Å². The maximum absolute atomic E-state index is 10.4. The molecule has 0 radical (unpaired) electrons. The predicted molar refractivity (Wildman–Crippen MR) is 100 cm³/mol. The molecule has 0 spiro atoms. The van der Waals surface area contributed by atoms with Crippen molar-refractivity contribution in [3.63, 3.8) is 0 Å². The maximum Gasteiger partial charge on any atom is 0.250 e. The highest BCUT2D eigenvalue weighted by atomic mass is 28.4. The third-order valence-corrected chi connectivity index (χ3v) is 9.17. The normalized spacial score (nSPS) is 13.7. The Morgan fingerprint density at radius 3 is 2.13 bits per heavy atom. The first-order chi connectivity index (χ1) is 10.5. The lowest BCUT2D eigenvalue weighted by Gasteiger charge is -2.36. The van der Waals surface area contributed by atoms with E-state index in [1.54, 1.807) is 18.2 Å². The molecule has 0 aliphatic heterocycles. The summed E-state index contributed by atoms with van der Waals surface area (Å²) in [5, 5.41) is 20.9. The molecule has 4 heteroatoms. The molecule has 1 rings (SSSR count). The summed E-state index contributed by atoms with van der Waals surface area (Å²) in [5.74, 6) is 0.657. The molecule has 0 aliphatic rings. The number of phenolic OH excluding ortho intramolecular Hbond substituents is 2. The summed E-state index contributed by atoms with van der Waals surface area (Å²) in [5.41, 5.74) is 0.552. The molecule has 0 saturated carbocycles. The molecule has 23 heavy (non-hydrogen) atoms. The van der Waals surface area contributed by atoms with Crippen molar-refractivity contribution in [3.8, 4) is 17.2 Å². The summed E-state index contributed by atoms with van der Waals surface area (Å²) in [7, 11) is -2.01. The molecule has 0 heterocycles. The second kappa shape index (κ2) is 7.43. The van der Waals surface area contributed by atoms with Crippen molar-refractivity contribution in [1.29, 1.82) is 0 Å². The number of phenols is 2. The molecule has 1 aromatic rings. The van der Waals surface area contributed by atoms with Gasteiger partial charge in [-0.3, -0.25) is 0 Å². The van der Waals surface area contributed by atoms with Crippen molar-refractivity contribution in [1.82, 2.24) is 0 Å². The SMILES string of the molecule is C=C[C@H](CCCC)c1c(O)cc(O[Si](C)(C)C(C)(C)C)cc1O. The van der Waals surface area contributed by atoms with Crippen LogP contribution in [0.25, 0.3) is 0 Å². The zero-order valence-electron chi connectivity index (χ0n) is 15.4. The summed E-state index contributed by atoms with van der Waals surface area (Å²) in [4.78, 5) is 0. The van der Waals surface area contributed by atoms with Gasteiger partial charge in [0, 0.05) is 23.6 Å². The van der Waals surface area contributed by atoms with Gasteiger partial charge in [-0.05, 0) is 24.6 Å². The van der Waals surface area contributed by atoms with Crippen LogP contribution in [0.1, 0.15) is 58.4 Å². The molecule has 2 N–H and O–H groups in total. The molecule has 0 aliphatic carbocycles. The number of hydrogen-bond donors (Lipinski definition) is 2. The Bertz CT molecular complexity index is 521. The van der Waals surface area contributed by atoms with Crippen LogP contribution in [0.4, 0.5) is 0 Å². The third kappa shape index (κ3) is 4.77. The van der Waals surface area contributed by atoms with Crippen LogP contribution in [0.3, 0.4) is 0 Å². The average Bonchev–Trinajstić information content (AvgIpc) is 2.39. The van der Waals surface area contributed by atoms with Gasteiger partial charge in [-0.1, -0.05) is 46.6 Å². The van der Waals surface area contributed by atoms with Gasteiger partial charge < -0.3 is 14.6 Å². The highest BCUT2D eigenvalue weighted by molar-refractivity contribution is 6.74. The van der Waals surface area contributed by atoms with Crippen molar-refractivity contribution < 1.29 is 14.6 Å². The minimum Gasteiger partial charge on any atom is -0.543 e. The molecule has 0 fully saturated rings. The summed E-state index contributed by atoms with van der Waals surface area (Å²) >= 11 is 0. The number of hydrogen-bond acceptors (Lipinski definition) is 3. The smallest absolute Gasteiger partial charge is 0.250 e. The quantitative estimate of drug-likeness (QED) is 0.478. The molecule has 1 aromatic carbocycles. The zero-order chi connectivity index (χ0) is 17.8. The number of allylic oxidation sites excluding steroid dienone is 1. The van der Waals surface area contributed by atoms with Gasteiger partial charge in [0.2, 0.25) is 8.32 Å². The second-order valence-corrected chi connectivity index (χ2v) is 12.4. The Morgan fingerprint density at radius 2 is 1.74 bits per heavy atom. The van der Waals surface area contributed by atoms with E-state index in [0.717, 1.165) is 19.3 Å². The van der Waals surface area contributed by atoms with Crippen molar-refractivity contribution in [3.05, 3.63) is 30.4 Å². The maximum atomic E-state index is 10.4. The van der Waals surface area contributed by atoms with Crippen LogP contribution in [0.5, 0.6) is 17.2 Å². The lowest BCUT2D eigenvalue weighted by atomic mass is 9.92. The summed E-state index contributed by atoms with van der Waals surface area (Å²) in [6.07, 6.45) is 4.75. The van der Waals surface area contributed by atoms with Crippen molar-refractivity contribution >= 4 is 8.32 Å². The molecule has 0 aromatic heterocycles. The first-order valence-electron chi connectivity index (χ1n) is 8.41. The van der Waals surface area contributed by atoms with E-state index < -0.39 is 8.32 Å². The zero-order valence-corrected chi connectivity index (χ0v) is 16.4. The Hall–Kier alpha value is -1.42. The van der Waals surface area contributed by atoms with E-state index in [2.05, 4.69) is 47.4 Å². The highest BCUT2D eigenvalue weighted by Crippen LogP contribution is 2.43. The largest absolute Gasteiger partial charge is 0.543 e. The van der Waals surface area contributed by atoms with Crippen LogP contribution in [-0.2, 0) is 0 Å². The van der Waals surface area contributed by atoms with Crippen LogP contribution in [-0.4, -0.2) is 18.5 Å². The molecule has 0 amide bonds. The molecule has 0 saturated heterocycles. The number of benzene rings is 1. The monoisotopic (exact) mass is 336 g/mol. The van der Waals surface area contributed by atoms with E-state index in [1.165, 1.54) is 0 Å². The van der Waals surface area contributed by atoms with E-state index in [1.807, 2.05) is 0 Å². The van der Waals surface area contributed by atoms with Crippen LogP contribution in [0.2, 0.25) is 18.1 Å². The van der Waals surface area contributed by atoms with Gasteiger partial charge >= 0.3 is 0 Å². The van der Waals surface area contributed by atoms with Crippen LogP contribution < -0.4 is 4.43 Å². The molecular weight excluding hydrogens is 304 g/mol. The second-order valence-electron chi connectivity index (χ2n) is 7.72. The minimum absolute atomic E-state index is 0.0446. The van der Waals surface area contributed by atoms with Gasteiger partial charge in [0.15, 0.2) is 0 Å². The van der Waals surface area contributed by atoms with Crippen molar-refractivity contribution in [2.24, 2.45) is 0 Å². The number of rotatable bonds is 7. The third-order valence-electron chi connectivity index (χ3n) is 4.81. The van der Waals surface area contributed by atoms with Crippen LogP contribution >= 0.6 is 0 Å². The summed E-state index contributed by atoms with van der Waals surface area (Å²) in [6, 6.07) is 3.25. The summed E-state index contributed by atoms with van der Waals surface area (Å²) < 4.78 is 6.17. The lowest BCUT2D eigenvalue weighted by Crippen LogP contribution is -2.43. The van der Waals surface area contributed by atoms with E-state index in [-0.39, 0.29) is 22.5 Å². The molecule has 1 atom stereocenters. The van der Waals surface area contributed by atoms with Crippen LogP contribution in [0, 0.1) is 0 Å². The topological polar surface area (TPSA) is 49.7 Å². The fourth-order valence-corrected chi connectivity index (χ4v) is 3.30. The van der Waals surface area contributed by atoms with E-state index in [4.69, 9.17) is 4.43 Å². The molecule has 130 valence electrons. The van der Waals surface area contributed by atoms with Gasteiger partial charge in [0.05, 0.1) is 0 Å². The standard InChI is InChI=1S/C19H32O3Si/c1-8-10-11-14(9-2)18-16(20)12-15(13-17(18)21)22-23(6,7)19(3,4)5/h9,12-14,20-21H,2,8,10-11H2,1,3-7H3/t14-/m1/s1. The van der Waals surface area contributed by atoms with Gasteiger partial charge in [0.25, 0.3) is 0 Å². The van der Waals surface area contributed by atoms with E-state index >= 15 is 0 Å². The number of aromatic hydroxyl groups is 2. The highest BCUT2D eigenvalue weighted by Gasteiger charge is 2.39. The Kier molecular flexibility index (Phi) is 6.34. The molecule has 3 nitrogen and oxygen atoms in total. The van der Waals surface area contributed by atoms with E-state index in [0.29, 0.717) is 11.3 Å². The predicted octanol–water partition coefficient (Wildman–Crippen LogP) is 5.94.